The van der Waals surface area contributed by atoms with Gasteiger partial charge in [0.05, 0.1) is 22.3 Å². The van der Waals surface area contributed by atoms with Crippen molar-refractivity contribution >= 4 is 57.2 Å². The number of fused-ring (bicyclic) bond motifs is 1. The third-order valence-electron chi connectivity index (χ3n) is 6.26. The molecule has 1 fully saturated rings. The lowest BCUT2D eigenvalue weighted by Gasteiger charge is -2.30. The van der Waals surface area contributed by atoms with Crippen LogP contribution in [0, 0.1) is 12.8 Å². The van der Waals surface area contributed by atoms with Gasteiger partial charge in [-0.2, -0.15) is 5.10 Å². The predicted molar refractivity (Wildman–Crippen MR) is 138 cm³/mol. The van der Waals surface area contributed by atoms with Gasteiger partial charge in [-0.3, -0.25) is 4.79 Å². The Morgan fingerprint density at radius 3 is 2.55 bits per heavy atom. The minimum Gasteiger partial charge on any atom is -0.294 e. The Morgan fingerprint density at radius 2 is 1.85 bits per heavy atom. The van der Waals surface area contributed by atoms with Crippen LogP contribution < -0.4 is 5.01 Å². The standard InChI is InChI=1S/C26H23Cl2N3OS/c1-15-25(16(2)32)33-26(29-15)31-24(19-10-4-6-13-22(19)28)20-11-7-9-18(23(20)30-31)14-17-8-3-5-12-21(17)27/h3-6,8,10,12-14,20,24H,7,9,11H2,1-2H3. The maximum absolute atomic E-state index is 12.1. The summed E-state index contributed by atoms with van der Waals surface area (Å²) in [7, 11) is 0. The predicted octanol–water partition coefficient (Wildman–Crippen LogP) is 7.76. The fourth-order valence-electron chi connectivity index (χ4n) is 4.77. The van der Waals surface area contributed by atoms with Crippen molar-refractivity contribution < 1.29 is 4.79 Å². The van der Waals surface area contributed by atoms with Crippen molar-refractivity contribution in [3.63, 3.8) is 0 Å². The molecule has 5 rings (SSSR count). The zero-order valence-electron chi connectivity index (χ0n) is 18.4. The van der Waals surface area contributed by atoms with Crippen LogP contribution in [0.15, 0.2) is 59.2 Å². The van der Waals surface area contributed by atoms with Gasteiger partial charge in [0.15, 0.2) is 5.78 Å². The van der Waals surface area contributed by atoms with Gasteiger partial charge < -0.3 is 0 Å². The van der Waals surface area contributed by atoms with Crippen molar-refractivity contribution in [2.45, 2.75) is 39.2 Å². The van der Waals surface area contributed by atoms with Gasteiger partial charge in [-0.25, -0.2) is 9.99 Å². The number of benzene rings is 2. The second-order valence-corrected chi connectivity index (χ2v) is 10.2. The van der Waals surface area contributed by atoms with E-state index in [0.717, 1.165) is 51.9 Å². The summed E-state index contributed by atoms with van der Waals surface area (Å²) in [6, 6.07) is 15.7. The molecule has 3 aromatic rings. The quantitative estimate of drug-likeness (QED) is 0.347. The van der Waals surface area contributed by atoms with Gasteiger partial charge in [-0.05, 0) is 61.1 Å². The molecule has 2 heterocycles. The molecule has 0 saturated heterocycles. The number of allylic oxidation sites excluding steroid dienone is 1. The van der Waals surface area contributed by atoms with E-state index >= 15 is 0 Å². The Kier molecular flexibility index (Phi) is 6.12. The smallest absolute Gasteiger partial charge is 0.207 e. The molecule has 0 radical (unpaired) electrons. The summed E-state index contributed by atoms with van der Waals surface area (Å²) in [4.78, 5) is 17.5. The Balaban J connectivity index is 1.64. The minimum absolute atomic E-state index is 0.0223. The zero-order valence-corrected chi connectivity index (χ0v) is 20.7. The summed E-state index contributed by atoms with van der Waals surface area (Å²) in [5.41, 5.74) is 5.01. The first-order valence-electron chi connectivity index (χ1n) is 11.0. The monoisotopic (exact) mass is 495 g/mol. The highest BCUT2D eigenvalue weighted by atomic mass is 35.5. The normalized spacial score (nSPS) is 21.3. The van der Waals surface area contributed by atoms with Crippen LogP contribution in [-0.4, -0.2) is 16.5 Å². The van der Waals surface area contributed by atoms with Crippen molar-refractivity contribution in [3.8, 4) is 0 Å². The fourth-order valence-corrected chi connectivity index (χ4v) is 6.16. The largest absolute Gasteiger partial charge is 0.294 e. The lowest BCUT2D eigenvalue weighted by Crippen LogP contribution is -2.28. The topological polar surface area (TPSA) is 45.6 Å². The van der Waals surface area contributed by atoms with Crippen molar-refractivity contribution in [2.75, 3.05) is 5.01 Å². The van der Waals surface area contributed by atoms with E-state index in [-0.39, 0.29) is 17.7 Å². The van der Waals surface area contributed by atoms with Gasteiger partial charge in [-0.15, -0.1) is 0 Å². The Morgan fingerprint density at radius 1 is 1.12 bits per heavy atom. The van der Waals surface area contributed by atoms with Crippen molar-refractivity contribution in [1.82, 2.24) is 4.98 Å². The second-order valence-electron chi connectivity index (χ2n) is 8.45. The van der Waals surface area contributed by atoms with Crippen LogP contribution >= 0.6 is 34.5 Å². The van der Waals surface area contributed by atoms with Gasteiger partial charge in [-0.1, -0.05) is 70.9 Å². The van der Waals surface area contributed by atoms with Gasteiger partial charge in [0.1, 0.15) is 0 Å². The third-order valence-corrected chi connectivity index (χ3v) is 8.20. The zero-order chi connectivity index (χ0) is 23.1. The molecule has 0 amide bonds. The van der Waals surface area contributed by atoms with E-state index in [1.165, 1.54) is 16.9 Å². The molecule has 2 unspecified atom stereocenters. The Labute approximate surface area is 207 Å². The second kappa shape index (κ2) is 9.05. The number of anilines is 1. The molecule has 33 heavy (non-hydrogen) atoms. The van der Waals surface area contributed by atoms with Crippen LogP contribution in [-0.2, 0) is 0 Å². The number of halogens is 2. The molecule has 0 bridgehead atoms. The number of ketones is 1. The molecule has 1 aliphatic heterocycles. The number of thiazole rings is 1. The third kappa shape index (κ3) is 4.14. The lowest BCUT2D eigenvalue weighted by molar-refractivity contribution is 0.102. The highest BCUT2D eigenvalue weighted by Crippen LogP contribution is 2.48. The maximum atomic E-state index is 12.1. The molecule has 1 aromatic heterocycles. The lowest BCUT2D eigenvalue weighted by atomic mass is 9.77. The van der Waals surface area contributed by atoms with Crippen molar-refractivity contribution in [2.24, 2.45) is 11.0 Å². The molecule has 1 saturated carbocycles. The summed E-state index contributed by atoms with van der Waals surface area (Å²) < 4.78 is 0. The number of rotatable bonds is 4. The van der Waals surface area contributed by atoms with Gasteiger partial charge in [0.2, 0.25) is 5.13 Å². The van der Waals surface area contributed by atoms with E-state index in [4.69, 9.17) is 33.3 Å². The number of hydrazone groups is 1. The number of carbonyl (C=O) groups excluding carboxylic acids is 1. The molecule has 2 atom stereocenters. The van der Waals surface area contributed by atoms with E-state index in [0.29, 0.717) is 9.90 Å². The van der Waals surface area contributed by atoms with Crippen LogP contribution in [0.2, 0.25) is 10.0 Å². The molecule has 7 heteroatoms. The molecule has 0 spiro atoms. The first-order valence-corrected chi connectivity index (χ1v) is 12.6. The van der Waals surface area contributed by atoms with Crippen molar-refractivity contribution in [1.29, 1.82) is 0 Å². The maximum Gasteiger partial charge on any atom is 0.207 e. The van der Waals surface area contributed by atoms with Gasteiger partial charge >= 0.3 is 0 Å². The minimum atomic E-state index is -0.0750. The van der Waals surface area contributed by atoms with Gasteiger partial charge in [0, 0.05) is 22.9 Å². The molecule has 2 aliphatic rings. The van der Waals surface area contributed by atoms with E-state index < -0.39 is 0 Å². The SMILES string of the molecule is CC(=O)c1sc(N2N=C3C(=Cc4ccccc4Cl)CCCC3C2c2ccccc2Cl)nc1C. The summed E-state index contributed by atoms with van der Waals surface area (Å²) >= 11 is 14.5. The summed E-state index contributed by atoms with van der Waals surface area (Å²) in [6.45, 7) is 3.45. The summed E-state index contributed by atoms with van der Waals surface area (Å²) in [6.07, 6.45) is 5.17. The highest BCUT2D eigenvalue weighted by Gasteiger charge is 2.43. The Bertz CT molecular complexity index is 1300. The van der Waals surface area contributed by atoms with Gasteiger partial charge in [0.25, 0.3) is 0 Å². The molecule has 0 N–H and O–H groups in total. The van der Waals surface area contributed by atoms with E-state index in [1.807, 2.05) is 54.4 Å². The fraction of sp³-hybridized carbons (Fsp3) is 0.269. The van der Waals surface area contributed by atoms with Crippen LogP contribution in [0.5, 0.6) is 0 Å². The number of hydrogen-bond donors (Lipinski definition) is 0. The number of aryl methyl sites for hydroxylation is 1. The molecular formula is C26H23Cl2N3OS. The first-order chi connectivity index (χ1) is 15.9. The van der Waals surface area contributed by atoms with Crippen LogP contribution in [0.25, 0.3) is 6.08 Å². The number of carbonyl (C=O) groups is 1. The summed E-state index contributed by atoms with van der Waals surface area (Å²) in [5.74, 6) is 0.200. The number of Topliss-reactive ketones (excluding diaryl/α,β-unsaturated/α-hetero) is 1. The van der Waals surface area contributed by atoms with Crippen molar-refractivity contribution in [3.05, 3.63) is 85.8 Å². The average Bonchev–Trinajstić information content (AvgIpc) is 3.37. The first kappa shape index (κ1) is 22.3. The van der Waals surface area contributed by atoms with Crippen LogP contribution in [0.4, 0.5) is 5.13 Å². The van der Waals surface area contributed by atoms with E-state index in [1.54, 1.807) is 6.92 Å². The molecular weight excluding hydrogens is 473 g/mol. The number of hydrogen-bond acceptors (Lipinski definition) is 5. The van der Waals surface area contributed by atoms with Crippen LogP contribution in [0.3, 0.4) is 0 Å². The van der Waals surface area contributed by atoms with Crippen LogP contribution in [0.1, 0.15) is 58.7 Å². The highest BCUT2D eigenvalue weighted by molar-refractivity contribution is 7.17. The average molecular weight is 496 g/mol. The van der Waals surface area contributed by atoms with E-state index in [2.05, 4.69) is 12.1 Å². The number of aromatic nitrogens is 1. The molecule has 4 nitrogen and oxygen atoms in total. The van der Waals surface area contributed by atoms with E-state index in [9.17, 15) is 4.79 Å². The summed E-state index contributed by atoms with van der Waals surface area (Å²) in [5, 5.41) is 9.27. The Hall–Kier alpha value is -2.47. The molecule has 1 aliphatic carbocycles. The molecule has 2 aromatic carbocycles. The molecule has 168 valence electrons. The number of nitrogens with zero attached hydrogens (tertiary/aromatic N) is 3.